The average molecular weight is 199 g/mol. The summed E-state index contributed by atoms with van der Waals surface area (Å²) in [5.74, 6) is 0.192. The van der Waals surface area contributed by atoms with E-state index in [0.29, 0.717) is 0 Å². The third kappa shape index (κ3) is 1.70. The van der Waals surface area contributed by atoms with Crippen LogP contribution in [0, 0.1) is 0 Å². The van der Waals surface area contributed by atoms with Crippen LogP contribution >= 0.6 is 0 Å². The number of fused-ring (bicyclic) bond motifs is 1. The van der Waals surface area contributed by atoms with Gasteiger partial charge in [0.1, 0.15) is 0 Å². The van der Waals surface area contributed by atoms with Gasteiger partial charge in [-0.3, -0.25) is 5.11 Å². The zero-order chi connectivity index (χ0) is 10.8. The Bertz CT molecular complexity index is 486. The van der Waals surface area contributed by atoms with Gasteiger partial charge in [-0.1, -0.05) is 44.2 Å². The summed E-state index contributed by atoms with van der Waals surface area (Å²) >= 11 is 0. The second-order valence-corrected chi connectivity index (χ2v) is 3.82. The standard InChI is InChI=1S/C14H15O/c1-3-10-5-8-13-12(9-10)7-6-11(4-2)14(13)15/h5-9H,3-4H2,1-2H3. The van der Waals surface area contributed by atoms with Gasteiger partial charge in [-0.25, -0.2) is 0 Å². The Morgan fingerprint density at radius 3 is 2.47 bits per heavy atom. The van der Waals surface area contributed by atoms with Gasteiger partial charge in [-0.2, -0.15) is 0 Å². The molecule has 2 aromatic rings. The molecule has 0 N–H and O–H groups in total. The van der Waals surface area contributed by atoms with E-state index >= 15 is 0 Å². The first-order chi connectivity index (χ1) is 7.26. The predicted molar refractivity (Wildman–Crippen MR) is 62.8 cm³/mol. The van der Waals surface area contributed by atoms with Gasteiger partial charge in [0.05, 0.1) is 0 Å². The average Bonchev–Trinajstić information content (AvgIpc) is 2.29. The molecule has 0 unspecified atom stereocenters. The molecule has 0 saturated carbocycles. The van der Waals surface area contributed by atoms with Gasteiger partial charge in [0.25, 0.3) is 0 Å². The van der Waals surface area contributed by atoms with E-state index in [2.05, 4.69) is 19.1 Å². The fourth-order valence-corrected chi connectivity index (χ4v) is 1.89. The molecule has 77 valence electrons. The van der Waals surface area contributed by atoms with Gasteiger partial charge in [0.15, 0.2) is 5.75 Å². The first-order valence-electron chi connectivity index (χ1n) is 5.47. The highest BCUT2D eigenvalue weighted by Crippen LogP contribution is 2.30. The molecule has 2 aromatic carbocycles. The molecule has 0 aliphatic carbocycles. The van der Waals surface area contributed by atoms with Gasteiger partial charge in [0, 0.05) is 5.39 Å². The molecule has 0 aliphatic heterocycles. The third-order valence-electron chi connectivity index (χ3n) is 2.91. The number of hydrogen-bond acceptors (Lipinski definition) is 0. The zero-order valence-electron chi connectivity index (χ0n) is 9.21. The third-order valence-corrected chi connectivity index (χ3v) is 2.91. The van der Waals surface area contributed by atoms with Crippen molar-refractivity contribution in [3.05, 3.63) is 41.5 Å². The van der Waals surface area contributed by atoms with E-state index in [1.54, 1.807) is 0 Å². The van der Waals surface area contributed by atoms with Crippen molar-refractivity contribution < 1.29 is 5.11 Å². The van der Waals surface area contributed by atoms with Crippen LogP contribution < -0.4 is 0 Å². The van der Waals surface area contributed by atoms with Crippen molar-refractivity contribution >= 4 is 10.8 Å². The fraction of sp³-hybridized carbons (Fsp3) is 0.286. The minimum Gasteiger partial charge on any atom is -0.289 e. The predicted octanol–water partition coefficient (Wildman–Crippen LogP) is 4.11. The van der Waals surface area contributed by atoms with Crippen molar-refractivity contribution in [2.24, 2.45) is 0 Å². The molecule has 0 aliphatic rings. The Balaban J connectivity index is 2.68. The van der Waals surface area contributed by atoms with E-state index in [1.165, 1.54) is 5.56 Å². The highest BCUT2D eigenvalue weighted by atomic mass is 16.3. The van der Waals surface area contributed by atoms with Crippen LogP contribution in [-0.2, 0) is 17.9 Å². The summed E-state index contributed by atoms with van der Waals surface area (Å²) in [6.07, 6.45) is 1.82. The van der Waals surface area contributed by atoms with Gasteiger partial charge in [-0.05, 0) is 29.4 Å². The van der Waals surface area contributed by atoms with Crippen molar-refractivity contribution in [1.29, 1.82) is 0 Å². The first-order valence-corrected chi connectivity index (χ1v) is 5.47. The summed E-state index contributed by atoms with van der Waals surface area (Å²) in [5.41, 5.74) is 2.19. The SMILES string of the molecule is CCc1ccc2c([O])c(CC)ccc2c1. The van der Waals surface area contributed by atoms with Gasteiger partial charge in [0.2, 0.25) is 0 Å². The summed E-state index contributed by atoms with van der Waals surface area (Å²) in [5, 5.41) is 13.9. The molecule has 0 atom stereocenters. The minimum atomic E-state index is 0.192. The summed E-state index contributed by atoms with van der Waals surface area (Å²) in [7, 11) is 0. The maximum absolute atomic E-state index is 12.0. The fourth-order valence-electron chi connectivity index (χ4n) is 1.89. The molecule has 0 aromatic heterocycles. The van der Waals surface area contributed by atoms with Crippen molar-refractivity contribution in [3.8, 4) is 5.75 Å². The van der Waals surface area contributed by atoms with E-state index < -0.39 is 0 Å². The lowest BCUT2D eigenvalue weighted by molar-refractivity contribution is 0.356. The van der Waals surface area contributed by atoms with Crippen molar-refractivity contribution in [1.82, 2.24) is 0 Å². The normalized spacial score (nSPS) is 10.8. The summed E-state index contributed by atoms with van der Waals surface area (Å²) < 4.78 is 0. The van der Waals surface area contributed by atoms with Crippen LogP contribution in [0.1, 0.15) is 25.0 Å². The van der Waals surface area contributed by atoms with E-state index in [4.69, 9.17) is 0 Å². The molecule has 0 bridgehead atoms. The smallest absolute Gasteiger partial charge is 0.189 e. The van der Waals surface area contributed by atoms with Crippen LogP contribution in [0.15, 0.2) is 30.3 Å². The lowest BCUT2D eigenvalue weighted by Crippen LogP contribution is -1.85. The number of hydrogen-bond donors (Lipinski definition) is 0. The lowest BCUT2D eigenvalue weighted by atomic mass is 10.0. The second kappa shape index (κ2) is 3.93. The maximum Gasteiger partial charge on any atom is 0.189 e. The van der Waals surface area contributed by atoms with Crippen LogP contribution in [0.4, 0.5) is 0 Å². The second-order valence-electron chi connectivity index (χ2n) is 3.82. The van der Waals surface area contributed by atoms with Crippen molar-refractivity contribution in [3.63, 3.8) is 0 Å². The van der Waals surface area contributed by atoms with E-state index in [0.717, 1.165) is 29.2 Å². The zero-order valence-corrected chi connectivity index (χ0v) is 9.21. The monoisotopic (exact) mass is 199 g/mol. The molecular weight excluding hydrogens is 184 g/mol. The molecule has 0 heterocycles. The van der Waals surface area contributed by atoms with Gasteiger partial charge in [-0.15, -0.1) is 0 Å². The van der Waals surface area contributed by atoms with Crippen LogP contribution in [0.25, 0.3) is 10.8 Å². The molecule has 1 nitrogen and oxygen atoms in total. The van der Waals surface area contributed by atoms with Gasteiger partial charge < -0.3 is 0 Å². The molecule has 0 spiro atoms. The number of benzene rings is 2. The molecule has 0 amide bonds. The topological polar surface area (TPSA) is 19.9 Å². The van der Waals surface area contributed by atoms with E-state index in [-0.39, 0.29) is 5.75 Å². The van der Waals surface area contributed by atoms with Crippen LogP contribution in [-0.4, -0.2) is 0 Å². The molecule has 0 saturated heterocycles. The summed E-state index contributed by atoms with van der Waals surface area (Å²) in [6, 6.07) is 10.1. The Kier molecular flexibility index (Phi) is 2.63. The highest BCUT2D eigenvalue weighted by molar-refractivity contribution is 5.89. The first kappa shape index (κ1) is 10.0. The Morgan fingerprint density at radius 1 is 1.00 bits per heavy atom. The van der Waals surface area contributed by atoms with Crippen LogP contribution in [0.3, 0.4) is 0 Å². The molecule has 15 heavy (non-hydrogen) atoms. The molecule has 1 heteroatoms. The van der Waals surface area contributed by atoms with Crippen LogP contribution in [0.5, 0.6) is 5.75 Å². The van der Waals surface area contributed by atoms with Crippen LogP contribution in [0.2, 0.25) is 0 Å². The Labute approximate surface area is 90.4 Å². The number of aryl methyl sites for hydroxylation is 2. The summed E-state index contributed by atoms with van der Waals surface area (Å²) in [6.45, 7) is 4.14. The van der Waals surface area contributed by atoms with E-state index in [9.17, 15) is 5.11 Å². The Morgan fingerprint density at radius 2 is 1.80 bits per heavy atom. The molecular formula is C14H15O. The minimum absolute atomic E-state index is 0.192. The quantitative estimate of drug-likeness (QED) is 0.693. The molecule has 1 radical (unpaired) electrons. The molecule has 0 fully saturated rings. The maximum atomic E-state index is 12.0. The van der Waals surface area contributed by atoms with Crippen molar-refractivity contribution in [2.75, 3.05) is 0 Å². The van der Waals surface area contributed by atoms with Gasteiger partial charge >= 0.3 is 0 Å². The summed E-state index contributed by atoms with van der Waals surface area (Å²) in [4.78, 5) is 0. The molecule has 2 rings (SSSR count). The Hall–Kier alpha value is -1.50. The van der Waals surface area contributed by atoms with Crippen molar-refractivity contribution in [2.45, 2.75) is 26.7 Å². The van der Waals surface area contributed by atoms with E-state index in [1.807, 2.05) is 25.1 Å². The number of rotatable bonds is 2. The highest BCUT2D eigenvalue weighted by Gasteiger charge is 2.06. The lowest BCUT2D eigenvalue weighted by Gasteiger charge is -2.05. The largest absolute Gasteiger partial charge is 0.289 e.